The number of rotatable bonds is 15. The highest BCUT2D eigenvalue weighted by Gasteiger charge is 2.52. The largest absolute Gasteiger partial charge is 0.750 e. The third-order valence-electron chi connectivity index (χ3n) is 10.9. The molecule has 8 rings (SSSR count). The number of para-hydroxylation sites is 3. The maximum atomic E-state index is 14.2. The SMILES string of the molecule is CCC(=O)Nc1nc(OC(=O)N(c2ccccc2)c2ccccc2)c2ncn([C@H]3C[C@H](O[P+](=O)Oc4ccccc4)[C@@H](CO[Si](c4ccccc4)(c4ccccc4)C(C)(C)C)O3)c2n1. The van der Waals surface area contributed by atoms with E-state index >= 15 is 0 Å². The van der Waals surface area contributed by atoms with Gasteiger partial charge in [0, 0.05) is 17.4 Å². The molecular formula is C48H48N6O8PSi+. The zero-order valence-electron chi connectivity index (χ0n) is 35.8. The van der Waals surface area contributed by atoms with Crippen molar-refractivity contribution >= 4 is 67.4 Å². The van der Waals surface area contributed by atoms with Crippen LogP contribution in [0.25, 0.3) is 11.2 Å². The molecule has 2 amide bonds. The number of benzene rings is 5. The van der Waals surface area contributed by atoms with Crippen molar-refractivity contribution in [2.45, 2.75) is 64.0 Å². The third kappa shape index (κ3) is 9.49. The first-order valence-corrected chi connectivity index (χ1v) is 24.0. The van der Waals surface area contributed by atoms with E-state index in [9.17, 15) is 14.2 Å². The number of carbonyl (C=O) groups is 2. The minimum absolute atomic E-state index is 0.0695. The van der Waals surface area contributed by atoms with E-state index in [2.05, 4.69) is 65.3 Å². The van der Waals surface area contributed by atoms with E-state index in [1.807, 2.05) is 78.9 Å². The van der Waals surface area contributed by atoms with E-state index in [1.165, 1.54) is 11.2 Å². The summed E-state index contributed by atoms with van der Waals surface area (Å²) >= 11 is 0. The first-order valence-electron chi connectivity index (χ1n) is 21.0. The maximum absolute atomic E-state index is 14.2. The topological polar surface area (TPSA) is 156 Å². The first kappa shape index (κ1) is 44.0. The molecule has 64 heavy (non-hydrogen) atoms. The molecule has 1 saturated heterocycles. The molecule has 0 spiro atoms. The van der Waals surface area contributed by atoms with Crippen LogP contribution in [0.1, 0.15) is 46.8 Å². The van der Waals surface area contributed by atoms with Crippen LogP contribution in [0.15, 0.2) is 158 Å². The average molecular weight is 896 g/mol. The molecular weight excluding hydrogens is 848 g/mol. The number of amides is 2. The first-order chi connectivity index (χ1) is 31.0. The number of aromatic nitrogens is 4. The Morgan fingerprint density at radius 1 is 0.812 bits per heavy atom. The summed E-state index contributed by atoms with van der Waals surface area (Å²) in [5.74, 6) is -0.259. The molecule has 326 valence electrons. The van der Waals surface area contributed by atoms with Gasteiger partial charge < -0.3 is 13.9 Å². The molecule has 0 aliphatic carbocycles. The number of hydrogen-bond acceptors (Lipinski definition) is 11. The van der Waals surface area contributed by atoms with Gasteiger partial charge in [-0.1, -0.05) is 143 Å². The number of nitrogens with zero attached hydrogens (tertiary/aromatic N) is 5. The highest BCUT2D eigenvalue weighted by molar-refractivity contribution is 7.33. The summed E-state index contributed by atoms with van der Waals surface area (Å²) in [6, 6.07) is 47.4. The van der Waals surface area contributed by atoms with Crippen LogP contribution in [0, 0.1) is 0 Å². The third-order valence-corrected chi connectivity index (χ3v) is 16.7. The monoisotopic (exact) mass is 895 g/mol. The highest BCUT2D eigenvalue weighted by atomic mass is 31.1. The lowest BCUT2D eigenvalue weighted by molar-refractivity contribution is -0.115. The molecule has 0 bridgehead atoms. The Morgan fingerprint density at radius 2 is 1.36 bits per heavy atom. The minimum atomic E-state index is -3.06. The molecule has 7 aromatic rings. The van der Waals surface area contributed by atoms with Crippen molar-refractivity contribution in [2.24, 2.45) is 0 Å². The number of fused-ring (bicyclic) bond motifs is 1. The standard InChI is InChI=1S/C48H47N6O8PSi/c1-5-41(55)50-46-51-44-43(45(52-46)60-47(56)54(34-21-11-6-12-22-34)35-23-13-7-14-24-35)49-33-53(44)42-31-39(62-63(57)61-36-25-15-8-16-26-36)40(59-42)32-58-64(48(2,3)4,37-27-17-9-18-28-37)38-29-19-10-20-30-38/h6-30,33,39-40,42H,5,31-32H2,1-4H3/p+1/t39-,40+,42+/m0/s1. The maximum Gasteiger partial charge on any atom is 0.750 e. The summed E-state index contributed by atoms with van der Waals surface area (Å²) in [5, 5.41) is 4.53. The highest BCUT2D eigenvalue weighted by Crippen LogP contribution is 2.42. The quantitative estimate of drug-likeness (QED) is 0.0773. The van der Waals surface area contributed by atoms with Gasteiger partial charge in [-0.15, -0.1) is 4.52 Å². The Hall–Kier alpha value is -6.61. The van der Waals surface area contributed by atoms with Crippen molar-refractivity contribution in [3.05, 3.63) is 158 Å². The normalized spacial score (nSPS) is 16.6. The molecule has 0 saturated carbocycles. The molecule has 4 atom stereocenters. The molecule has 2 aromatic heterocycles. The van der Waals surface area contributed by atoms with Crippen LogP contribution in [0.3, 0.4) is 0 Å². The van der Waals surface area contributed by atoms with Gasteiger partial charge in [-0.05, 0) is 51.8 Å². The number of carbonyl (C=O) groups excluding carboxylic acids is 2. The van der Waals surface area contributed by atoms with Crippen molar-refractivity contribution in [3.8, 4) is 11.6 Å². The smallest absolute Gasteiger partial charge is 0.405 e. The number of imidazole rings is 1. The number of nitrogens with one attached hydrogen (secondary N) is 1. The van der Waals surface area contributed by atoms with Crippen molar-refractivity contribution in [1.29, 1.82) is 0 Å². The molecule has 16 heteroatoms. The van der Waals surface area contributed by atoms with Crippen LogP contribution in [0.5, 0.6) is 11.6 Å². The minimum Gasteiger partial charge on any atom is -0.405 e. The summed E-state index contributed by atoms with van der Waals surface area (Å²) in [6.45, 7) is 8.33. The van der Waals surface area contributed by atoms with Gasteiger partial charge in [0.05, 0.1) is 24.3 Å². The molecule has 1 aliphatic heterocycles. The second-order valence-corrected chi connectivity index (χ2v) is 21.2. The summed E-state index contributed by atoms with van der Waals surface area (Å²) < 4.78 is 47.4. The predicted octanol–water partition coefficient (Wildman–Crippen LogP) is 9.50. The number of ether oxygens (including phenoxy) is 2. The molecule has 0 radical (unpaired) electrons. The van der Waals surface area contributed by atoms with Gasteiger partial charge in [0.1, 0.15) is 18.4 Å². The van der Waals surface area contributed by atoms with Gasteiger partial charge in [-0.2, -0.15) is 9.97 Å². The fraction of sp³-hybridized carbons (Fsp3) is 0.229. The van der Waals surface area contributed by atoms with E-state index < -0.39 is 41.1 Å². The van der Waals surface area contributed by atoms with Gasteiger partial charge in [0.15, 0.2) is 16.9 Å². The van der Waals surface area contributed by atoms with Crippen molar-refractivity contribution in [3.63, 3.8) is 0 Å². The Bertz CT molecular complexity index is 2610. The summed E-state index contributed by atoms with van der Waals surface area (Å²) in [4.78, 5) is 42.1. The molecule has 1 N–H and O–H groups in total. The number of anilines is 3. The zero-order chi connectivity index (χ0) is 44.7. The van der Waals surface area contributed by atoms with E-state index in [0.29, 0.717) is 17.1 Å². The molecule has 1 aliphatic rings. The van der Waals surface area contributed by atoms with Crippen LogP contribution in [-0.2, 0) is 23.0 Å². The van der Waals surface area contributed by atoms with Gasteiger partial charge >= 0.3 is 14.3 Å². The van der Waals surface area contributed by atoms with Crippen LogP contribution in [0.4, 0.5) is 22.1 Å². The second-order valence-electron chi connectivity index (χ2n) is 16.1. The average Bonchev–Trinajstić information content (AvgIpc) is 3.92. The van der Waals surface area contributed by atoms with E-state index in [0.717, 1.165) is 10.4 Å². The summed E-state index contributed by atoms with van der Waals surface area (Å²) in [6.07, 6.45) is -1.31. The molecule has 5 aromatic carbocycles. The summed E-state index contributed by atoms with van der Waals surface area (Å²) in [7, 11) is -5.73. The van der Waals surface area contributed by atoms with Crippen LogP contribution in [-0.4, -0.2) is 58.7 Å². The Balaban J connectivity index is 1.16. The second kappa shape index (κ2) is 19.4. The van der Waals surface area contributed by atoms with Crippen molar-refractivity contribution in [2.75, 3.05) is 16.8 Å². The van der Waals surface area contributed by atoms with Crippen molar-refractivity contribution in [1.82, 2.24) is 19.5 Å². The zero-order valence-corrected chi connectivity index (χ0v) is 37.7. The van der Waals surface area contributed by atoms with Gasteiger partial charge in [-0.3, -0.25) is 14.7 Å². The lowest BCUT2D eigenvalue weighted by atomic mass is 10.2. The summed E-state index contributed by atoms with van der Waals surface area (Å²) in [5.41, 5.74) is 1.45. The van der Waals surface area contributed by atoms with Gasteiger partial charge in [0.25, 0.3) is 14.2 Å². The van der Waals surface area contributed by atoms with Crippen LogP contribution < -0.4 is 29.9 Å². The van der Waals surface area contributed by atoms with Crippen LogP contribution in [0.2, 0.25) is 5.04 Å². The Labute approximate surface area is 373 Å². The lowest BCUT2D eigenvalue weighted by Gasteiger charge is -2.43. The fourth-order valence-corrected chi connectivity index (χ4v) is 13.2. The fourth-order valence-electron chi connectivity index (χ4n) is 7.88. The van der Waals surface area contributed by atoms with E-state index in [-0.39, 0.29) is 53.4 Å². The molecule has 1 fully saturated rings. The van der Waals surface area contributed by atoms with Gasteiger partial charge in [0.2, 0.25) is 11.9 Å². The molecule has 3 heterocycles. The Kier molecular flexibility index (Phi) is 13.4. The molecule has 1 unspecified atom stereocenters. The van der Waals surface area contributed by atoms with Crippen molar-refractivity contribution < 1.29 is 37.1 Å². The molecule has 14 nitrogen and oxygen atoms in total. The predicted molar refractivity (Wildman–Crippen MR) is 247 cm³/mol. The van der Waals surface area contributed by atoms with Gasteiger partial charge in [-0.25, -0.2) is 19.2 Å². The lowest BCUT2D eigenvalue weighted by Crippen LogP contribution is -2.67. The Morgan fingerprint density at radius 3 is 1.91 bits per heavy atom. The van der Waals surface area contributed by atoms with Crippen LogP contribution >= 0.6 is 8.25 Å². The van der Waals surface area contributed by atoms with E-state index in [4.69, 9.17) is 22.9 Å². The van der Waals surface area contributed by atoms with E-state index in [1.54, 1.807) is 60.0 Å². The number of hydrogen-bond donors (Lipinski definition) is 1.